The van der Waals surface area contributed by atoms with Gasteiger partial charge in [0.15, 0.2) is 11.5 Å². The standard InChI is InChI=1S/C21H15N7O2/c29-21(24-19-5-2-12-30-19)23-16-4-1-3-15(13-16)17-6-7-18-25-26-20(28(18)27-17)14-8-10-22-11-9-14/h1-13H,(H2,23,24,29). The average molecular weight is 397 g/mol. The molecular formula is C21H15N7O2. The van der Waals surface area contributed by atoms with Gasteiger partial charge in [-0.1, -0.05) is 12.1 Å². The molecule has 5 aromatic rings. The summed E-state index contributed by atoms with van der Waals surface area (Å²) in [7, 11) is 0. The van der Waals surface area contributed by atoms with Crippen LogP contribution in [0.1, 0.15) is 0 Å². The summed E-state index contributed by atoms with van der Waals surface area (Å²) < 4.78 is 6.80. The summed E-state index contributed by atoms with van der Waals surface area (Å²) in [5.41, 5.74) is 3.68. The SMILES string of the molecule is O=C(Nc1cccc(-c2ccc3nnc(-c4ccncc4)n3n2)c1)Nc1ccco1. The van der Waals surface area contributed by atoms with Crippen molar-refractivity contribution < 1.29 is 9.21 Å². The predicted molar refractivity (Wildman–Crippen MR) is 111 cm³/mol. The number of anilines is 2. The molecule has 5 rings (SSSR count). The van der Waals surface area contributed by atoms with E-state index in [1.54, 1.807) is 35.1 Å². The van der Waals surface area contributed by atoms with E-state index in [-0.39, 0.29) is 0 Å². The Morgan fingerprint density at radius 2 is 1.80 bits per heavy atom. The number of nitrogens with one attached hydrogen (secondary N) is 2. The Kier molecular flexibility index (Phi) is 4.37. The number of furan rings is 1. The fraction of sp³-hybridized carbons (Fsp3) is 0. The number of nitrogens with zero attached hydrogens (tertiary/aromatic N) is 5. The molecule has 30 heavy (non-hydrogen) atoms. The largest absolute Gasteiger partial charge is 0.449 e. The van der Waals surface area contributed by atoms with Crippen LogP contribution >= 0.6 is 0 Å². The van der Waals surface area contributed by atoms with Crippen molar-refractivity contribution in [2.45, 2.75) is 0 Å². The Bertz CT molecular complexity index is 1310. The van der Waals surface area contributed by atoms with Crippen molar-refractivity contribution in [2.75, 3.05) is 10.6 Å². The first-order valence-electron chi connectivity index (χ1n) is 9.11. The van der Waals surface area contributed by atoms with Gasteiger partial charge in [-0.25, -0.2) is 4.79 Å². The van der Waals surface area contributed by atoms with Crippen molar-refractivity contribution in [2.24, 2.45) is 0 Å². The first-order valence-corrected chi connectivity index (χ1v) is 9.11. The van der Waals surface area contributed by atoms with E-state index in [1.165, 1.54) is 6.26 Å². The number of aromatic nitrogens is 5. The summed E-state index contributed by atoms with van der Waals surface area (Å²) in [5, 5.41) is 18.5. The Morgan fingerprint density at radius 3 is 2.63 bits per heavy atom. The second kappa shape index (κ2) is 7.47. The first-order chi connectivity index (χ1) is 14.8. The van der Waals surface area contributed by atoms with Gasteiger partial charge in [0.25, 0.3) is 0 Å². The van der Waals surface area contributed by atoms with Crippen LogP contribution in [0, 0.1) is 0 Å². The van der Waals surface area contributed by atoms with E-state index in [9.17, 15) is 4.79 Å². The highest BCUT2D eigenvalue weighted by Gasteiger charge is 2.11. The molecule has 0 aliphatic rings. The Hall–Kier alpha value is -4.53. The zero-order valence-corrected chi connectivity index (χ0v) is 15.6. The molecule has 0 unspecified atom stereocenters. The number of fused-ring (bicyclic) bond motifs is 1. The lowest BCUT2D eigenvalue weighted by atomic mass is 10.1. The van der Waals surface area contributed by atoms with Crippen LogP contribution in [0.15, 0.2) is 83.7 Å². The quantitative estimate of drug-likeness (QED) is 0.473. The van der Waals surface area contributed by atoms with Gasteiger partial charge in [-0.05, 0) is 42.5 Å². The summed E-state index contributed by atoms with van der Waals surface area (Å²) in [4.78, 5) is 16.2. The smallest absolute Gasteiger partial charge is 0.326 e. The molecule has 0 radical (unpaired) electrons. The van der Waals surface area contributed by atoms with Gasteiger partial charge in [-0.3, -0.25) is 10.3 Å². The lowest BCUT2D eigenvalue weighted by Gasteiger charge is -2.08. The van der Waals surface area contributed by atoms with E-state index in [2.05, 4.69) is 25.8 Å². The fourth-order valence-electron chi connectivity index (χ4n) is 3.00. The number of carbonyl (C=O) groups is 1. The number of hydrogen-bond acceptors (Lipinski definition) is 6. The third-order valence-electron chi connectivity index (χ3n) is 4.38. The van der Waals surface area contributed by atoms with Gasteiger partial charge in [-0.2, -0.15) is 9.61 Å². The number of carbonyl (C=O) groups excluding carboxylic acids is 1. The number of benzene rings is 1. The Labute approximate surface area is 170 Å². The zero-order chi connectivity index (χ0) is 20.3. The molecule has 1 aromatic carbocycles. The van der Waals surface area contributed by atoms with Crippen molar-refractivity contribution in [3.63, 3.8) is 0 Å². The number of urea groups is 1. The van der Waals surface area contributed by atoms with E-state index in [0.717, 1.165) is 11.1 Å². The second-order valence-electron chi connectivity index (χ2n) is 6.39. The maximum Gasteiger partial charge on any atom is 0.326 e. The molecule has 0 atom stereocenters. The highest BCUT2D eigenvalue weighted by Crippen LogP contribution is 2.23. The first kappa shape index (κ1) is 17.6. The zero-order valence-electron chi connectivity index (χ0n) is 15.6. The summed E-state index contributed by atoms with van der Waals surface area (Å²) in [6.07, 6.45) is 4.88. The van der Waals surface area contributed by atoms with Crippen LogP contribution in [-0.2, 0) is 0 Å². The molecule has 0 aliphatic carbocycles. The van der Waals surface area contributed by atoms with E-state index in [0.29, 0.717) is 28.7 Å². The minimum Gasteiger partial charge on any atom is -0.449 e. The second-order valence-corrected chi connectivity index (χ2v) is 6.39. The van der Waals surface area contributed by atoms with E-state index in [4.69, 9.17) is 9.52 Å². The molecular weight excluding hydrogens is 382 g/mol. The van der Waals surface area contributed by atoms with Crippen LogP contribution in [-0.4, -0.2) is 30.8 Å². The lowest BCUT2D eigenvalue weighted by Crippen LogP contribution is -2.18. The summed E-state index contributed by atoms with van der Waals surface area (Å²) in [6.45, 7) is 0. The molecule has 2 amide bonds. The molecule has 0 bridgehead atoms. The van der Waals surface area contributed by atoms with Crippen molar-refractivity contribution in [3.05, 3.63) is 79.3 Å². The van der Waals surface area contributed by atoms with Crippen LogP contribution in [0.4, 0.5) is 16.4 Å². The van der Waals surface area contributed by atoms with Gasteiger partial charge >= 0.3 is 6.03 Å². The lowest BCUT2D eigenvalue weighted by molar-refractivity contribution is 0.261. The molecule has 2 N–H and O–H groups in total. The maximum atomic E-state index is 12.1. The molecule has 0 fully saturated rings. The van der Waals surface area contributed by atoms with Gasteiger partial charge in [0.05, 0.1) is 12.0 Å². The van der Waals surface area contributed by atoms with Gasteiger partial charge < -0.3 is 9.73 Å². The van der Waals surface area contributed by atoms with Crippen LogP contribution in [0.5, 0.6) is 0 Å². The molecule has 0 saturated carbocycles. The molecule has 146 valence electrons. The van der Waals surface area contributed by atoms with Gasteiger partial charge in [-0.15, -0.1) is 10.2 Å². The van der Waals surface area contributed by atoms with Crippen LogP contribution in [0.25, 0.3) is 28.3 Å². The number of hydrogen-bond donors (Lipinski definition) is 2. The fourth-order valence-corrected chi connectivity index (χ4v) is 3.00. The van der Waals surface area contributed by atoms with Crippen molar-refractivity contribution in [1.29, 1.82) is 0 Å². The van der Waals surface area contributed by atoms with Crippen LogP contribution in [0.3, 0.4) is 0 Å². The topological polar surface area (TPSA) is 110 Å². The highest BCUT2D eigenvalue weighted by molar-refractivity contribution is 5.99. The van der Waals surface area contributed by atoms with Gasteiger partial charge in [0.2, 0.25) is 5.88 Å². The molecule has 0 aliphatic heterocycles. The number of rotatable bonds is 4. The van der Waals surface area contributed by atoms with Crippen molar-refractivity contribution in [1.82, 2.24) is 24.8 Å². The van der Waals surface area contributed by atoms with E-state index in [1.807, 2.05) is 42.5 Å². The Balaban J connectivity index is 1.44. The van der Waals surface area contributed by atoms with E-state index < -0.39 is 6.03 Å². The number of pyridine rings is 1. The summed E-state index contributed by atoms with van der Waals surface area (Å²) in [5.74, 6) is 0.994. The van der Waals surface area contributed by atoms with Crippen LogP contribution in [0.2, 0.25) is 0 Å². The molecule has 0 spiro atoms. The van der Waals surface area contributed by atoms with Crippen molar-refractivity contribution >= 4 is 23.2 Å². The average Bonchev–Trinajstić information content (AvgIpc) is 3.43. The molecule has 9 nitrogen and oxygen atoms in total. The Morgan fingerprint density at radius 1 is 0.900 bits per heavy atom. The summed E-state index contributed by atoms with van der Waals surface area (Å²) in [6, 6.07) is 17.8. The normalized spacial score (nSPS) is 10.8. The molecule has 4 aromatic heterocycles. The van der Waals surface area contributed by atoms with Gasteiger partial charge in [0.1, 0.15) is 0 Å². The van der Waals surface area contributed by atoms with Crippen molar-refractivity contribution in [3.8, 4) is 22.6 Å². The molecule has 9 heteroatoms. The van der Waals surface area contributed by atoms with E-state index >= 15 is 0 Å². The molecule has 0 saturated heterocycles. The molecule has 4 heterocycles. The summed E-state index contributed by atoms with van der Waals surface area (Å²) >= 11 is 0. The maximum absolute atomic E-state index is 12.1. The minimum atomic E-state index is -0.399. The van der Waals surface area contributed by atoms with Crippen LogP contribution < -0.4 is 10.6 Å². The van der Waals surface area contributed by atoms with Gasteiger partial charge in [0, 0.05) is 35.3 Å². The number of amides is 2. The highest BCUT2D eigenvalue weighted by atomic mass is 16.3. The monoisotopic (exact) mass is 397 g/mol. The minimum absolute atomic E-state index is 0.368. The predicted octanol–water partition coefficient (Wildman–Crippen LogP) is 4.09. The third-order valence-corrected chi connectivity index (χ3v) is 4.38. The third kappa shape index (κ3) is 3.47.